The van der Waals surface area contributed by atoms with Crippen LogP contribution >= 0.6 is 0 Å². The Balaban J connectivity index is 1.85. The predicted octanol–water partition coefficient (Wildman–Crippen LogP) is 2.08. The first kappa shape index (κ1) is 15.0. The molecule has 2 rings (SSSR count). The van der Waals surface area contributed by atoms with Crippen LogP contribution in [0.2, 0.25) is 0 Å². The first-order valence-electron chi connectivity index (χ1n) is 7.14. The number of rotatable bonds is 6. The van der Waals surface area contributed by atoms with Crippen LogP contribution in [-0.2, 0) is 11.3 Å². The summed E-state index contributed by atoms with van der Waals surface area (Å²) in [5.74, 6) is -0.641. The summed E-state index contributed by atoms with van der Waals surface area (Å²) in [6.07, 6.45) is 1.74. The third-order valence-corrected chi connectivity index (χ3v) is 4.08. The fourth-order valence-corrected chi connectivity index (χ4v) is 2.72. The van der Waals surface area contributed by atoms with Crippen LogP contribution in [0, 0.1) is 5.92 Å². The molecule has 0 amide bonds. The topological polar surface area (TPSA) is 60.8 Å². The highest BCUT2D eigenvalue weighted by Gasteiger charge is 2.27. The van der Waals surface area contributed by atoms with Gasteiger partial charge in [0.05, 0.1) is 12.0 Å². The number of carbonyl (C=O) groups is 1. The van der Waals surface area contributed by atoms with Gasteiger partial charge in [0.25, 0.3) is 0 Å². The quantitative estimate of drug-likeness (QED) is 0.835. The van der Waals surface area contributed by atoms with E-state index in [1.807, 2.05) is 24.3 Å². The summed E-state index contributed by atoms with van der Waals surface area (Å²) in [5, 5.41) is 18.3. The lowest BCUT2D eigenvalue weighted by Crippen LogP contribution is -2.36. The molecular formula is C16H23NO3. The Kier molecular flexibility index (Phi) is 4.78. The lowest BCUT2D eigenvalue weighted by atomic mass is 9.82. The fraction of sp³-hybridized carbons (Fsp3) is 0.562. The van der Waals surface area contributed by atoms with Crippen LogP contribution < -0.4 is 0 Å². The van der Waals surface area contributed by atoms with E-state index in [0.29, 0.717) is 5.92 Å². The molecule has 1 unspecified atom stereocenters. The van der Waals surface area contributed by atoms with Gasteiger partial charge in [-0.2, -0.15) is 0 Å². The molecule has 0 saturated heterocycles. The number of carboxylic acids is 1. The van der Waals surface area contributed by atoms with Crippen molar-refractivity contribution in [3.05, 3.63) is 35.4 Å². The molecule has 110 valence electrons. The van der Waals surface area contributed by atoms with Crippen LogP contribution in [0.1, 0.15) is 36.8 Å². The van der Waals surface area contributed by atoms with Gasteiger partial charge in [-0.3, -0.25) is 4.79 Å². The number of hydrogen-bond donors (Lipinski definition) is 2. The Hall–Kier alpha value is -1.39. The van der Waals surface area contributed by atoms with Gasteiger partial charge in [0.1, 0.15) is 0 Å². The lowest BCUT2D eigenvalue weighted by Gasteiger charge is -2.34. The van der Waals surface area contributed by atoms with Gasteiger partial charge >= 0.3 is 5.97 Å². The van der Waals surface area contributed by atoms with Gasteiger partial charge < -0.3 is 15.1 Å². The predicted molar refractivity (Wildman–Crippen MR) is 77.6 cm³/mol. The first-order valence-corrected chi connectivity index (χ1v) is 7.14. The second-order valence-corrected chi connectivity index (χ2v) is 5.99. The van der Waals surface area contributed by atoms with Gasteiger partial charge in [0, 0.05) is 13.1 Å². The van der Waals surface area contributed by atoms with E-state index in [1.54, 1.807) is 6.92 Å². The van der Waals surface area contributed by atoms with Gasteiger partial charge in [-0.1, -0.05) is 24.3 Å². The maximum absolute atomic E-state index is 10.9. The van der Waals surface area contributed by atoms with Crippen molar-refractivity contribution < 1.29 is 15.0 Å². The summed E-state index contributed by atoms with van der Waals surface area (Å²) < 4.78 is 0. The van der Waals surface area contributed by atoms with Crippen molar-refractivity contribution in [3.63, 3.8) is 0 Å². The van der Waals surface area contributed by atoms with Crippen molar-refractivity contribution in [1.29, 1.82) is 0 Å². The maximum atomic E-state index is 10.9. The van der Waals surface area contributed by atoms with Gasteiger partial charge in [0.15, 0.2) is 0 Å². The molecule has 0 bridgehead atoms. The number of carboxylic acid groups (broad SMARTS) is 1. The van der Waals surface area contributed by atoms with Crippen molar-refractivity contribution in [3.8, 4) is 0 Å². The zero-order valence-corrected chi connectivity index (χ0v) is 12.1. The van der Waals surface area contributed by atoms with E-state index in [4.69, 9.17) is 5.11 Å². The van der Waals surface area contributed by atoms with E-state index in [0.717, 1.165) is 31.5 Å². The Morgan fingerprint density at radius 3 is 2.45 bits per heavy atom. The van der Waals surface area contributed by atoms with E-state index < -0.39 is 11.9 Å². The molecule has 1 aromatic rings. The van der Waals surface area contributed by atoms with Gasteiger partial charge in [-0.15, -0.1) is 0 Å². The molecule has 2 N–H and O–H groups in total. The van der Waals surface area contributed by atoms with Crippen LogP contribution in [0.25, 0.3) is 0 Å². The molecule has 0 spiro atoms. The van der Waals surface area contributed by atoms with E-state index >= 15 is 0 Å². The third kappa shape index (κ3) is 3.81. The molecule has 1 saturated carbocycles. The van der Waals surface area contributed by atoms with Crippen LogP contribution in [0.3, 0.4) is 0 Å². The number of aliphatic carboxylic acids is 1. The highest BCUT2D eigenvalue weighted by atomic mass is 16.4. The highest BCUT2D eigenvalue weighted by Crippen LogP contribution is 2.28. The molecule has 1 aliphatic rings. The number of aliphatic hydroxyl groups is 1. The molecule has 1 aromatic carbocycles. The van der Waals surface area contributed by atoms with Crippen LogP contribution in [-0.4, -0.2) is 40.8 Å². The number of benzene rings is 1. The minimum absolute atomic E-state index is 0.0924. The molecule has 0 heterocycles. The zero-order valence-electron chi connectivity index (χ0n) is 12.1. The molecule has 4 heteroatoms. The van der Waals surface area contributed by atoms with Crippen LogP contribution in [0.5, 0.6) is 0 Å². The van der Waals surface area contributed by atoms with Crippen molar-refractivity contribution in [1.82, 2.24) is 4.90 Å². The number of hydrogen-bond acceptors (Lipinski definition) is 3. The second kappa shape index (κ2) is 6.37. The average Bonchev–Trinajstić information content (AvgIpc) is 2.37. The normalized spacial score (nSPS) is 23.4. The SMILES string of the molecule is CC(C(=O)O)c1ccc(CN(C)CC2CC(O)C2)cc1. The zero-order chi connectivity index (χ0) is 14.7. The van der Waals surface area contributed by atoms with Crippen molar-refractivity contribution >= 4 is 5.97 Å². The second-order valence-electron chi connectivity index (χ2n) is 5.99. The molecule has 0 radical (unpaired) electrons. The van der Waals surface area contributed by atoms with Gasteiger partial charge in [-0.05, 0) is 43.9 Å². The van der Waals surface area contributed by atoms with E-state index in [2.05, 4.69) is 11.9 Å². The van der Waals surface area contributed by atoms with Crippen LogP contribution in [0.15, 0.2) is 24.3 Å². The molecule has 1 fully saturated rings. The number of aliphatic hydroxyl groups excluding tert-OH is 1. The summed E-state index contributed by atoms with van der Waals surface area (Å²) in [5.41, 5.74) is 2.03. The maximum Gasteiger partial charge on any atom is 0.310 e. The van der Waals surface area contributed by atoms with E-state index in [1.165, 1.54) is 5.56 Å². The Morgan fingerprint density at radius 1 is 1.35 bits per heavy atom. The smallest absolute Gasteiger partial charge is 0.310 e. The molecule has 1 atom stereocenters. The first-order chi connectivity index (χ1) is 9.45. The van der Waals surface area contributed by atoms with Crippen LogP contribution in [0.4, 0.5) is 0 Å². The third-order valence-electron chi connectivity index (χ3n) is 4.08. The van der Waals surface area contributed by atoms with Gasteiger partial charge in [0.2, 0.25) is 0 Å². The lowest BCUT2D eigenvalue weighted by molar-refractivity contribution is -0.138. The fourth-order valence-electron chi connectivity index (χ4n) is 2.72. The van der Waals surface area contributed by atoms with Crippen molar-refractivity contribution in [2.75, 3.05) is 13.6 Å². The monoisotopic (exact) mass is 277 g/mol. The Bertz CT molecular complexity index is 451. The Morgan fingerprint density at radius 2 is 1.95 bits per heavy atom. The molecular weight excluding hydrogens is 254 g/mol. The molecule has 0 aromatic heterocycles. The summed E-state index contributed by atoms with van der Waals surface area (Å²) in [7, 11) is 2.08. The summed E-state index contributed by atoms with van der Waals surface area (Å²) in [6.45, 7) is 3.56. The molecule has 20 heavy (non-hydrogen) atoms. The highest BCUT2D eigenvalue weighted by molar-refractivity contribution is 5.75. The van der Waals surface area contributed by atoms with Crippen molar-refractivity contribution in [2.24, 2.45) is 5.92 Å². The minimum Gasteiger partial charge on any atom is -0.481 e. The number of nitrogens with zero attached hydrogens (tertiary/aromatic N) is 1. The average molecular weight is 277 g/mol. The molecule has 1 aliphatic carbocycles. The standard InChI is InChI=1S/C16H23NO3/c1-11(16(19)20)14-5-3-12(4-6-14)9-17(2)10-13-7-15(18)8-13/h3-6,11,13,15,18H,7-10H2,1-2H3,(H,19,20). The van der Waals surface area contributed by atoms with Gasteiger partial charge in [-0.25, -0.2) is 0 Å². The molecule has 0 aliphatic heterocycles. The largest absolute Gasteiger partial charge is 0.481 e. The molecule has 4 nitrogen and oxygen atoms in total. The summed E-state index contributed by atoms with van der Waals surface area (Å²) in [6, 6.07) is 7.80. The summed E-state index contributed by atoms with van der Waals surface area (Å²) in [4.78, 5) is 13.2. The van der Waals surface area contributed by atoms with Crippen molar-refractivity contribution in [2.45, 2.75) is 38.3 Å². The minimum atomic E-state index is -0.793. The van der Waals surface area contributed by atoms with E-state index in [9.17, 15) is 9.90 Å². The van der Waals surface area contributed by atoms with E-state index in [-0.39, 0.29) is 6.10 Å². The Labute approximate surface area is 120 Å². The summed E-state index contributed by atoms with van der Waals surface area (Å²) >= 11 is 0.